The Kier molecular flexibility index (Phi) is 7.32. The minimum atomic E-state index is 0.224. The van der Waals surface area contributed by atoms with Gasteiger partial charge in [-0.3, -0.25) is 4.99 Å². The van der Waals surface area contributed by atoms with Crippen LogP contribution >= 0.6 is 0 Å². The summed E-state index contributed by atoms with van der Waals surface area (Å²) in [4.78, 5) is 4.64. The molecule has 2 rings (SSSR count). The van der Waals surface area contributed by atoms with Crippen LogP contribution in [0.2, 0.25) is 0 Å². The molecule has 0 spiro atoms. The zero-order chi connectivity index (χ0) is 16.5. The van der Waals surface area contributed by atoms with E-state index in [0.717, 1.165) is 43.5 Å². The first-order valence-corrected chi connectivity index (χ1v) is 8.69. The average molecular weight is 322 g/mol. The highest BCUT2D eigenvalue weighted by Gasteiger charge is 2.14. The van der Waals surface area contributed by atoms with Crippen LogP contribution in [0.5, 0.6) is 0 Å². The molecule has 0 radical (unpaired) electrons. The molecule has 1 aromatic heterocycles. The van der Waals surface area contributed by atoms with Crippen LogP contribution in [0.25, 0.3) is 0 Å². The monoisotopic (exact) mass is 322 g/mol. The number of nitrogens with one attached hydrogen (secondary N) is 2. The second-order valence-electron chi connectivity index (χ2n) is 6.01. The lowest BCUT2D eigenvalue weighted by Crippen LogP contribution is -2.44. The van der Waals surface area contributed by atoms with Crippen LogP contribution in [0.4, 0.5) is 0 Å². The summed E-state index contributed by atoms with van der Waals surface area (Å²) >= 11 is 0. The van der Waals surface area contributed by atoms with E-state index in [1.165, 1.54) is 19.3 Å². The maximum absolute atomic E-state index is 5.15. The lowest BCUT2D eigenvalue weighted by atomic mass is 10.2. The van der Waals surface area contributed by atoms with E-state index in [1.54, 1.807) is 7.11 Å². The summed E-state index contributed by atoms with van der Waals surface area (Å²) in [7, 11) is 1.71. The number of fused-ring (bicyclic) bond motifs is 1. The number of methoxy groups -OCH3 is 1. The second kappa shape index (κ2) is 9.50. The summed E-state index contributed by atoms with van der Waals surface area (Å²) < 4.78 is 7.44. The van der Waals surface area contributed by atoms with Crippen LogP contribution in [0.15, 0.2) is 4.99 Å². The van der Waals surface area contributed by atoms with Crippen LogP contribution in [0, 0.1) is 0 Å². The molecule has 1 aliphatic rings. The Morgan fingerprint density at radius 3 is 3.00 bits per heavy atom. The molecule has 1 atom stereocenters. The second-order valence-corrected chi connectivity index (χ2v) is 6.01. The number of nitrogens with zero attached hydrogens (tertiary/aromatic N) is 4. The summed E-state index contributed by atoms with van der Waals surface area (Å²) in [5.41, 5.74) is 0. The fraction of sp³-hybridized carbons (Fsp3) is 0.812. The summed E-state index contributed by atoms with van der Waals surface area (Å²) in [6, 6.07) is 0.224. The van der Waals surface area contributed by atoms with Crippen molar-refractivity contribution in [1.29, 1.82) is 0 Å². The minimum absolute atomic E-state index is 0.224. The molecule has 0 saturated heterocycles. The van der Waals surface area contributed by atoms with Crippen molar-refractivity contribution in [3.63, 3.8) is 0 Å². The molecular weight excluding hydrogens is 292 g/mol. The molecule has 0 fully saturated rings. The van der Waals surface area contributed by atoms with Crippen LogP contribution in [-0.4, -0.2) is 53.6 Å². The van der Waals surface area contributed by atoms with E-state index >= 15 is 0 Å². The number of aryl methyl sites for hydroxylation is 1. The van der Waals surface area contributed by atoms with E-state index in [9.17, 15) is 0 Å². The van der Waals surface area contributed by atoms with Gasteiger partial charge in [-0.25, -0.2) is 0 Å². The number of aromatic nitrogens is 3. The first-order valence-electron chi connectivity index (χ1n) is 8.69. The molecule has 1 aliphatic heterocycles. The van der Waals surface area contributed by atoms with Gasteiger partial charge in [0.2, 0.25) is 0 Å². The smallest absolute Gasteiger partial charge is 0.191 e. The molecular formula is C16H30N6O. The van der Waals surface area contributed by atoms with Crippen molar-refractivity contribution in [2.75, 3.05) is 26.8 Å². The standard InChI is InChI=1S/C16H30N6O/c1-4-17-16(19-13(2)12-23-3)18-10-9-15-21-20-14-8-6-5-7-11-22(14)15/h13H,4-12H2,1-3H3,(H2,17,18,19). The summed E-state index contributed by atoms with van der Waals surface area (Å²) in [6.07, 6.45) is 5.60. The fourth-order valence-electron chi connectivity index (χ4n) is 2.84. The van der Waals surface area contributed by atoms with E-state index in [-0.39, 0.29) is 6.04 Å². The van der Waals surface area contributed by atoms with Gasteiger partial charge in [-0.2, -0.15) is 0 Å². The molecule has 7 nitrogen and oxygen atoms in total. The highest BCUT2D eigenvalue weighted by molar-refractivity contribution is 5.80. The van der Waals surface area contributed by atoms with Crippen LogP contribution in [-0.2, 0) is 24.1 Å². The Balaban J connectivity index is 1.91. The molecule has 0 aromatic carbocycles. The maximum atomic E-state index is 5.15. The molecule has 2 heterocycles. The minimum Gasteiger partial charge on any atom is -0.383 e. The highest BCUT2D eigenvalue weighted by Crippen LogP contribution is 2.14. The molecule has 7 heteroatoms. The Morgan fingerprint density at radius 1 is 1.35 bits per heavy atom. The molecule has 1 aromatic rings. The van der Waals surface area contributed by atoms with Gasteiger partial charge in [0, 0.05) is 45.6 Å². The maximum Gasteiger partial charge on any atom is 0.191 e. The number of hydrogen-bond donors (Lipinski definition) is 2. The van der Waals surface area contributed by atoms with Crippen molar-refractivity contribution < 1.29 is 4.74 Å². The number of ether oxygens (including phenoxy) is 1. The van der Waals surface area contributed by atoms with Gasteiger partial charge in [0.15, 0.2) is 5.96 Å². The van der Waals surface area contributed by atoms with Crippen LogP contribution in [0.1, 0.15) is 44.8 Å². The largest absolute Gasteiger partial charge is 0.383 e. The third-order valence-electron chi connectivity index (χ3n) is 3.94. The Labute approximate surface area is 138 Å². The van der Waals surface area contributed by atoms with Crippen molar-refractivity contribution >= 4 is 5.96 Å². The quantitative estimate of drug-likeness (QED) is 0.581. The van der Waals surface area contributed by atoms with E-state index < -0.39 is 0 Å². The third kappa shape index (κ3) is 5.49. The van der Waals surface area contributed by atoms with E-state index in [0.29, 0.717) is 13.2 Å². The van der Waals surface area contributed by atoms with Gasteiger partial charge in [-0.1, -0.05) is 6.42 Å². The van der Waals surface area contributed by atoms with Crippen LogP contribution in [0.3, 0.4) is 0 Å². The molecule has 0 saturated carbocycles. The average Bonchev–Trinajstić information content (AvgIpc) is 2.76. The van der Waals surface area contributed by atoms with E-state index in [4.69, 9.17) is 4.74 Å². The normalized spacial score (nSPS) is 16.6. The van der Waals surface area contributed by atoms with Gasteiger partial charge in [0.25, 0.3) is 0 Å². The molecule has 23 heavy (non-hydrogen) atoms. The van der Waals surface area contributed by atoms with E-state index in [1.807, 2.05) is 0 Å². The zero-order valence-electron chi connectivity index (χ0n) is 14.6. The van der Waals surface area contributed by atoms with Gasteiger partial charge >= 0.3 is 0 Å². The Bertz CT molecular complexity index is 499. The number of rotatable bonds is 7. The first kappa shape index (κ1) is 17.7. The zero-order valence-corrected chi connectivity index (χ0v) is 14.6. The summed E-state index contributed by atoms with van der Waals surface area (Å²) in [5, 5.41) is 15.3. The number of guanidine groups is 1. The Morgan fingerprint density at radius 2 is 2.22 bits per heavy atom. The van der Waals surface area contributed by atoms with Gasteiger partial charge in [0.1, 0.15) is 11.6 Å². The lowest BCUT2D eigenvalue weighted by Gasteiger charge is -2.17. The van der Waals surface area contributed by atoms with Crippen molar-refractivity contribution in [1.82, 2.24) is 25.4 Å². The van der Waals surface area contributed by atoms with Gasteiger partial charge in [-0.15, -0.1) is 10.2 Å². The van der Waals surface area contributed by atoms with Crippen LogP contribution < -0.4 is 10.6 Å². The van der Waals surface area contributed by atoms with Crippen molar-refractivity contribution in [2.24, 2.45) is 4.99 Å². The molecule has 0 bridgehead atoms. The first-order chi connectivity index (χ1) is 11.2. The van der Waals surface area contributed by atoms with Gasteiger partial charge < -0.3 is 19.9 Å². The third-order valence-corrected chi connectivity index (χ3v) is 3.94. The molecule has 2 N–H and O–H groups in total. The topological polar surface area (TPSA) is 76.4 Å². The van der Waals surface area contributed by atoms with Gasteiger partial charge in [-0.05, 0) is 26.7 Å². The number of hydrogen-bond acceptors (Lipinski definition) is 4. The predicted octanol–water partition coefficient (Wildman–Crippen LogP) is 1.14. The molecule has 0 amide bonds. The SMILES string of the molecule is CCNC(=NCCc1nnc2n1CCCCC2)NC(C)COC. The van der Waals surface area contributed by atoms with E-state index in [2.05, 4.69) is 44.2 Å². The Hall–Kier alpha value is -1.63. The molecule has 1 unspecified atom stereocenters. The molecule has 0 aliphatic carbocycles. The van der Waals surface area contributed by atoms with Gasteiger partial charge in [0.05, 0.1) is 6.61 Å². The van der Waals surface area contributed by atoms with Crippen molar-refractivity contribution in [2.45, 2.75) is 58.5 Å². The molecule has 130 valence electrons. The summed E-state index contributed by atoms with van der Waals surface area (Å²) in [5.74, 6) is 3.03. The van der Waals surface area contributed by atoms with Crippen molar-refractivity contribution in [3.05, 3.63) is 11.6 Å². The lowest BCUT2D eigenvalue weighted by molar-refractivity contribution is 0.179. The number of aliphatic imine (C=N–C) groups is 1. The predicted molar refractivity (Wildman–Crippen MR) is 91.7 cm³/mol. The highest BCUT2D eigenvalue weighted by atomic mass is 16.5. The van der Waals surface area contributed by atoms with Crippen molar-refractivity contribution in [3.8, 4) is 0 Å². The summed E-state index contributed by atoms with van der Waals surface area (Å²) in [6.45, 7) is 7.39. The fourth-order valence-corrected chi connectivity index (χ4v) is 2.84.